The van der Waals surface area contributed by atoms with Gasteiger partial charge < -0.3 is 20.6 Å². The molecule has 4 N–H and O–H groups in total. The molecule has 16 heavy (non-hydrogen) atoms. The Bertz CT molecular complexity index is 256. The lowest BCUT2D eigenvalue weighted by atomic mass is 10.0. The van der Waals surface area contributed by atoms with Crippen LogP contribution in [0.15, 0.2) is 0 Å². The van der Waals surface area contributed by atoms with Crippen LogP contribution < -0.4 is 5.32 Å². The van der Waals surface area contributed by atoms with Gasteiger partial charge in [0, 0.05) is 5.75 Å². The van der Waals surface area contributed by atoms with Crippen molar-refractivity contribution in [1.29, 1.82) is 0 Å². The number of aliphatic hydroxyl groups is 3. The summed E-state index contributed by atoms with van der Waals surface area (Å²) in [7, 11) is 0. The standard InChI is InChI=1S/C8H13F2NO4S/c9-7(10)8(15)11-3-2-16-4(1-12)6(14)5(3)13/h3-7,12-14H,1-2H2,(H,11,15)/t3?,4?,5?,6-/m1/s1. The average Bonchev–Trinajstić information content (AvgIpc) is 2.25. The second-order valence-electron chi connectivity index (χ2n) is 3.45. The Kier molecular flexibility index (Phi) is 4.90. The maximum atomic E-state index is 11.9. The van der Waals surface area contributed by atoms with Crippen LogP contribution in [-0.2, 0) is 4.79 Å². The second-order valence-corrected chi connectivity index (χ2v) is 4.72. The van der Waals surface area contributed by atoms with Gasteiger partial charge in [-0.3, -0.25) is 4.79 Å². The molecule has 1 aliphatic heterocycles. The molecule has 4 atom stereocenters. The number of alkyl halides is 2. The first kappa shape index (κ1) is 13.6. The first-order valence-electron chi connectivity index (χ1n) is 4.64. The van der Waals surface area contributed by atoms with Crippen LogP contribution in [0.5, 0.6) is 0 Å². The zero-order chi connectivity index (χ0) is 12.3. The topological polar surface area (TPSA) is 89.8 Å². The number of carbonyl (C=O) groups is 1. The van der Waals surface area contributed by atoms with Crippen molar-refractivity contribution in [2.24, 2.45) is 0 Å². The first-order chi connectivity index (χ1) is 7.47. The van der Waals surface area contributed by atoms with Gasteiger partial charge in [0.15, 0.2) is 0 Å². The fraction of sp³-hybridized carbons (Fsp3) is 0.875. The van der Waals surface area contributed by atoms with Crippen molar-refractivity contribution in [2.45, 2.75) is 29.9 Å². The van der Waals surface area contributed by atoms with Crippen LogP contribution in [0.25, 0.3) is 0 Å². The fourth-order valence-corrected chi connectivity index (χ4v) is 2.61. The lowest BCUT2D eigenvalue weighted by Crippen LogP contribution is -2.57. The summed E-state index contributed by atoms with van der Waals surface area (Å²) in [5.41, 5.74) is 0. The highest BCUT2D eigenvalue weighted by Crippen LogP contribution is 2.26. The lowest BCUT2D eigenvalue weighted by Gasteiger charge is -2.36. The van der Waals surface area contributed by atoms with E-state index in [1.54, 1.807) is 0 Å². The van der Waals surface area contributed by atoms with E-state index in [1.165, 1.54) is 0 Å². The van der Waals surface area contributed by atoms with Gasteiger partial charge in [0.1, 0.15) is 6.10 Å². The average molecular weight is 257 g/mol. The number of hydrogen-bond donors (Lipinski definition) is 4. The quantitative estimate of drug-likeness (QED) is 0.497. The van der Waals surface area contributed by atoms with E-state index in [2.05, 4.69) is 0 Å². The zero-order valence-corrected chi connectivity index (χ0v) is 9.03. The Balaban J connectivity index is 2.54. The van der Waals surface area contributed by atoms with Crippen LogP contribution in [0.3, 0.4) is 0 Å². The van der Waals surface area contributed by atoms with Crippen LogP contribution in [0, 0.1) is 0 Å². The summed E-state index contributed by atoms with van der Waals surface area (Å²) < 4.78 is 23.9. The number of amides is 1. The zero-order valence-electron chi connectivity index (χ0n) is 8.22. The Morgan fingerprint density at radius 2 is 2.06 bits per heavy atom. The molecule has 0 aliphatic carbocycles. The predicted molar refractivity (Wildman–Crippen MR) is 53.3 cm³/mol. The summed E-state index contributed by atoms with van der Waals surface area (Å²) >= 11 is 1.12. The molecule has 5 nitrogen and oxygen atoms in total. The first-order valence-corrected chi connectivity index (χ1v) is 5.69. The highest BCUT2D eigenvalue weighted by Gasteiger charge is 2.39. The van der Waals surface area contributed by atoms with Gasteiger partial charge in [0.2, 0.25) is 0 Å². The SMILES string of the molecule is O=C(NC1CSC(CO)[C@@H](O)C1O)C(F)F. The van der Waals surface area contributed by atoms with Crippen LogP contribution in [0.2, 0.25) is 0 Å². The Morgan fingerprint density at radius 3 is 2.56 bits per heavy atom. The van der Waals surface area contributed by atoms with E-state index in [0.717, 1.165) is 11.8 Å². The van der Waals surface area contributed by atoms with Crippen LogP contribution >= 0.6 is 11.8 Å². The van der Waals surface area contributed by atoms with Gasteiger partial charge in [-0.15, -0.1) is 0 Å². The van der Waals surface area contributed by atoms with E-state index >= 15 is 0 Å². The Morgan fingerprint density at radius 1 is 1.44 bits per heavy atom. The molecule has 8 heteroatoms. The number of rotatable bonds is 3. The van der Waals surface area contributed by atoms with Gasteiger partial charge in [0.25, 0.3) is 5.91 Å². The number of halogens is 2. The van der Waals surface area contributed by atoms with Gasteiger partial charge in [0.05, 0.1) is 24.0 Å². The number of nitrogens with one attached hydrogen (secondary N) is 1. The van der Waals surface area contributed by atoms with Crippen molar-refractivity contribution >= 4 is 17.7 Å². The molecule has 0 aromatic carbocycles. The van der Waals surface area contributed by atoms with Gasteiger partial charge in [-0.05, 0) is 0 Å². The largest absolute Gasteiger partial charge is 0.395 e. The van der Waals surface area contributed by atoms with Crippen LogP contribution in [0.1, 0.15) is 0 Å². The van der Waals surface area contributed by atoms with Gasteiger partial charge >= 0.3 is 6.43 Å². The van der Waals surface area contributed by atoms with Crippen LogP contribution in [-0.4, -0.2) is 63.5 Å². The van der Waals surface area contributed by atoms with Gasteiger partial charge in [-0.25, -0.2) is 0 Å². The minimum absolute atomic E-state index is 0.169. The van der Waals surface area contributed by atoms with E-state index < -0.39 is 35.8 Å². The molecule has 1 amide bonds. The van der Waals surface area contributed by atoms with E-state index in [4.69, 9.17) is 5.11 Å². The molecule has 0 aromatic rings. The van der Waals surface area contributed by atoms with Gasteiger partial charge in [-0.1, -0.05) is 0 Å². The Hall–Kier alpha value is -0.440. The molecule has 0 aromatic heterocycles. The molecule has 0 bridgehead atoms. The molecule has 0 saturated carbocycles. The number of hydrogen-bond acceptors (Lipinski definition) is 5. The van der Waals surface area contributed by atoms with Crippen molar-refractivity contribution in [3.63, 3.8) is 0 Å². The normalized spacial score (nSPS) is 35.1. The molecule has 1 saturated heterocycles. The van der Waals surface area contributed by atoms with Crippen molar-refractivity contribution in [2.75, 3.05) is 12.4 Å². The summed E-state index contributed by atoms with van der Waals surface area (Å²) in [5.74, 6) is -1.30. The molecule has 0 spiro atoms. The third-order valence-corrected chi connectivity index (χ3v) is 3.75. The minimum Gasteiger partial charge on any atom is -0.395 e. The predicted octanol–water partition coefficient (Wildman–Crippen LogP) is -1.43. The summed E-state index contributed by atoms with van der Waals surface area (Å²) in [6, 6.07) is -0.927. The molecule has 1 aliphatic rings. The van der Waals surface area contributed by atoms with E-state index in [1.807, 2.05) is 5.32 Å². The van der Waals surface area contributed by atoms with Crippen molar-refractivity contribution < 1.29 is 28.9 Å². The summed E-state index contributed by atoms with van der Waals surface area (Å²) in [6.07, 6.45) is -5.74. The molecular formula is C8H13F2NO4S. The van der Waals surface area contributed by atoms with Crippen LogP contribution in [0.4, 0.5) is 8.78 Å². The minimum atomic E-state index is -3.15. The number of aliphatic hydroxyl groups excluding tert-OH is 3. The summed E-state index contributed by atoms with van der Waals surface area (Å²) in [4.78, 5) is 10.7. The highest BCUT2D eigenvalue weighted by molar-refractivity contribution is 8.00. The third-order valence-electron chi connectivity index (χ3n) is 2.34. The van der Waals surface area contributed by atoms with Crippen molar-refractivity contribution in [3.8, 4) is 0 Å². The molecule has 3 unspecified atom stereocenters. The summed E-state index contributed by atoms with van der Waals surface area (Å²) in [6.45, 7) is -0.321. The fourth-order valence-electron chi connectivity index (χ4n) is 1.42. The maximum absolute atomic E-state index is 11.9. The summed E-state index contributed by atoms with van der Waals surface area (Å²) in [5, 5.41) is 29.2. The molecule has 1 rings (SSSR count). The van der Waals surface area contributed by atoms with E-state index in [-0.39, 0.29) is 12.4 Å². The van der Waals surface area contributed by atoms with E-state index in [9.17, 15) is 23.8 Å². The lowest BCUT2D eigenvalue weighted by molar-refractivity contribution is -0.134. The smallest absolute Gasteiger partial charge is 0.315 e. The van der Waals surface area contributed by atoms with Crippen molar-refractivity contribution in [3.05, 3.63) is 0 Å². The van der Waals surface area contributed by atoms with E-state index in [0.29, 0.717) is 0 Å². The Labute approximate surface area is 94.8 Å². The molecule has 1 heterocycles. The second kappa shape index (κ2) is 5.76. The molecule has 1 fully saturated rings. The molecule has 94 valence electrons. The molecule has 0 radical (unpaired) electrons. The third kappa shape index (κ3) is 3.03. The maximum Gasteiger partial charge on any atom is 0.315 e. The highest BCUT2D eigenvalue weighted by atomic mass is 32.2. The number of carbonyl (C=O) groups excluding carboxylic acids is 1. The number of thioether (sulfide) groups is 1. The van der Waals surface area contributed by atoms with Crippen molar-refractivity contribution in [1.82, 2.24) is 5.32 Å². The molecular weight excluding hydrogens is 244 g/mol. The monoisotopic (exact) mass is 257 g/mol. The van der Waals surface area contributed by atoms with Gasteiger partial charge in [-0.2, -0.15) is 20.5 Å².